The fourth-order valence-electron chi connectivity index (χ4n) is 0.875. The Labute approximate surface area is 69.9 Å². The monoisotopic (exact) mass is 179 g/mol. The molecule has 0 aromatic heterocycles. The Morgan fingerprint density at radius 3 is 1.91 bits per heavy atom. The number of rotatable bonds is 6. The largest absolute Gasteiger partial charge is 0.356 e. The van der Waals surface area contributed by atoms with Crippen LogP contribution in [0.3, 0.4) is 0 Å². The highest BCUT2D eigenvalue weighted by molar-refractivity contribution is 6.30. The van der Waals surface area contributed by atoms with Crippen molar-refractivity contribution in [2.45, 2.75) is 18.4 Å². The van der Waals surface area contributed by atoms with Crippen molar-refractivity contribution in [3.63, 3.8) is 0 Å². The Morgan fingerprint density at radius 1 is 1.18 bits per heavy atom. The van der Waals surface area contributed by atoms with Crippen LogP contribution in [0.2, 0.25) is 6.04 Å². The molecule has 4 nitrogen and oxygen atoms in total. The quantitative estimate of drug-likeness (QED) is 0.438. The molecule has 0 spiro atoms. The zero-order chi connectivity index (χ0) is 8.74. The number of hydrogen-bond acceptors (Lipinski definition) is 4. The molecule has 0 aromatic carbocycles. The van der Waals surface area contributed by atoms with Gasteiger partial charge < -0.3 is 19.6 Å². The number of methoxy groups -OCH3 is 3. The van der Waals surface area contributed by atoms with Crippen molar-refractivity contribution in [3.05, 3.63) is 0 Å². The molecule has 0 heterocycles. The average molecular weight is 179 g/mol. The van der Waals surface area contributed by atoms with Crippen molar-refractivity contribution in [1.29, 1.82) is 0 Å². The summed E-state index contributed by atoms with van der Waals surface area (Å²) in [7, 11) is 4.25. The predicted octanol–water partition coefficient (Wildman–Crippen LogP) is -0.570. The van der Waals surface area contributed by atoms with Crippen molar-refractivity contribution in [2.24, 2.45) is 5.40 Å². The van der Waals surface area contributed by atoms with Gasteiger partial charge in [-0.15, -0.1) is 0 Å². The van der Waals surface area contributed by atoms with Crippen molar-refractivity contribution in [2.75, 3.05) is 21.3 Å². The predicted molar refractivity (Wildman–Crippen MR) is 45.9 cm³/mol. The van der Waals surface area contributed by atoms with E-state index in [9.17, 15) is 0 Å². The normalized spacial score (nSPS) is 13.1. The van der Waals surface area contributed by atoms with Gasteiger partial charge in [-0.1, -0.05) is 0 Å². The Kier molecular flexibility index (Phi) is 5.70. The van der Waals surface area contributed by atoms with Gasteiger partial charge in [0, 0.05) is 27.8 Å². The van der Waals surface area contributed by atoms with Gasteiger partial charge in [-0.05, 0) is 6.04 Å². The van der Waals surface area contributed by atoms with Gasteiger partial charge in [-0.3, -0.25) is 0 Å². The summed E-state index contributed by atoms with van der Waals surface area (Å²) in [6.45, 7) is 0. The van der Waals surface area contributed by atoms with Crippen molar-refractivity contribution in [3.8, 4) is 0 Å². The Bertz CT molecular complexity index is 89.6. The molecule has 0 aliphatic carbocycles. The van der Waals surface area contributed by atoms with Crippen LogP contribution in [0.15, 0.2) is 0 Å². The topological polar surface area (TPSA) is 53.7 Å². The fourth-order valence-corrected chi connectivity index (χ4v) is 1.51. The summed E-state index contributed by atoms with van der Waals surface area (Å²) in [5, 5.41) is 5.47. The summed E-state index contributed by atoms with van der Waals surface area (Å²) >= 11 is 0. The molecule has 11 heavy (non-hydrogen) atoms. The standard InChI is InChI=1S/C6H17NO3Si/c1-8-6(9-2,10-3)4-5-11-7/h4-5,7,11H2,1-3H3. The van der Waals surface area contributed by atoms with Gasteiger partial charge in [0.2, 0.25) is 0 Å². The van der Waals surface area contributed by atoms with Crippen LogP contribution in [0.1, 0.15) is 6.42 Å². The molecular formula is C6H17NO3Si. The van der Waals surface area contributed by atoms with Crippen LogP contribution in [-0.2, 0) is 14.2 Å². The number of hydrogen-bond donors (Lipinski definition) is 1. The zero-order valence-corrected chi connectivity index (χ0v) is 8.84. The molecule has 0 radical (unpaired) electrons. The van der Waals surface area contributed by atoms with E-state index in [0.717, 1.165) is 6.04 Å². The van der Waals surface area contributed by atoms with Crippen LogP contribution >= 0.6 is 0 Å². The molecule has 0 fully saturated rings. The SMILES string of the molecule is COC(CC[SiH2]N)(OC)OC. The Morgan fingerprint density at radius 2 is 1.64 bits per heavy atom. The molecule has 0 rings (SSSR count). The third-order valence-corrected chi connectivity index (χ3v) is 2.38. The van der Waals surface area contributed by atoms with E-state index in [1.807, 2.05) is 0 Å². The maximum absolute atomic E-state index is 5.47. The second kappa shape index (κ2) is 5.67. The Balaban J connectivity index is 3.84. The molecular weight excluding hydrogens is 162 g/mol. The molecule has 0 saturated heterocycles. The molecule has 68 valence electrons. The minimum atomic E-state index is -0.869. The van der Waals surface area contributed by atoms with Crippen molar-refractivity contribution < 1.29 is 14.2 Å². The molecule has 0 amide bonds. The van der Waals surface area contributed by atoms with E-state index in [1.54, 1.807) is 21.3 Å². The second-order valence-corrected chi connectivity index (χ2v) is 3.47. The van der Waals surface area contributed by atoms with Crippen LogP contribution in [0.25, 0.3) is 0 Å². The first-order valence-electron chi connectivity index (χ1n) is 3.60. The van der Waals surface area contributed by atoms with Gasteiger partial charge in [-0.25, -0.2) is 0 Å². The van der Waals surface area contributed by atoms with Crippen LogP contribution in [0.5, 0.6) is 0 Å². The lowest BCUT2D eigenvalue weighted by Crippen LogP contribution is -2.36. The van der Waals surface area contributed by atoms with E-state index in [0.29, 0.717) is 6.42 Å². The fraction of sp³-hybridized carbons (Fsp3) is 1.00. The lowest BCUT2D eigenvalue weighted by atomic mass is 10.4. The highest BCUT2D eigenvalue weighted by atomic mass is 28.2. The molecule has 0 aromatic rings. The average Bonchev–Trinajstić information content (AvgIpc) is 2.08. The van der Waals surface area contributed by atoms with Crippen molar-refractivity contribution >= 4 is 9.68 Å². The highest BCUT2D eigenvalue weighted by Crippen LogP contribution is 2.18. The second-order valence-electron chi connectivity index (χ2n) is 2.19. The maximum Gasteiger partial charge on any atom is 0.281 e. The van der Waals surface area contributed by atoms with E-state index < -0.39 is 15.7 Å². The smallest absolute Gasteiger partial charge is 0.281 e. The van der Waals surface area contributed by atoms with Crippen LogP contribution in [0.4, 0.5) is 0 Å². The van der Waals surface area contributed by atoms with Crippen LogP contribution < -0.4 is 5.40 Å². The van der Waals surface area contributed by atoms with Gasteiger partial charge in [-0.2, -0.15) is 0 Å². The first-order chi connectivity index (χ1) is 5.24. The first kappa shape index (κ1) is 11.1. The summed E-state index contributed by atoms with van der Waals surface area (Å²) in [6, 6.07) is 0.954. The molecule has 0 saturated carbocycles. The highest BCUT2D eigenvalue weighted by Gasteiger charge is 2.28. The lowest BCUT2D eigenvalue weighted by molar-refractivity contribution is -0.352. The van der Waals surface area contributed by atoms with E-state index in [1.165, 1.54) is 0 Å². The molecule has 0 aliphatic rings. The third kappa shape index (κ3) is 3.30. The van der Waals surface area contributed by atoms with Gasteiger partial charge >= 0.3 is 0 Å². The minimum Gasteiger partial charge on any atom is -0.356 e. The number of ether oxygens (including phenoxy) is 3. The first-order valence-corrected chi connectivity index (χ1v) is 5.42. The third-order valence-electron chi connectivity index (χ3n) is 1.62. The molecule has 0 aliphatic heterocycles. The van der Waals surface area contributed by atoms with Gasteiger partial charge in [0.05, 0.1) is 9.68 Å². The summed E-state index contributed by atoms with van der Waals surface area (Å²) in [4.78, 5) is 0. The van der Waals surface area contributed by atoms with Gasteiger partial charge in [0.15, 0.2) is 0 Å². The van der Waals surface area contributed by atoms with Gasteiger partial charge in [0.1, 0.15) is 0 Å². The minimum absolute atomic E-state index is 0.434. The summed E-state index contributed by atoms with van der Waals surface area (Å²) < 4.78 is 15.2. The van der Waals surface area contributed by atoms with Gasteiger partial charge in [0.25, 0.3) is 5.97 Å². The summed E-state index contributed by atoms with van der Waals surface area (Å²) in [6.07, 6.45) is 0.708. The van der Waals surface area contributed by atoms with Crippen LogP contribution in [-0.4, -0.2) is 37.0 Å². The number of nitrogens with two attached hydrogens (primary N) is 1. The van der Waals surface area contributed by atoms with Crippen molar-refractivity contribution in [1.82, 2.24) is 0 Å². The zero-order valence-electron chi connectivity index (χ0n) is 7.42. The van der Waals surface area contributed by atoms with E-state index in [4.69, 9.17) is 19.6 Å². The molecule has 5 heteroatoms. The van der Waals surface area contributed by atoms with E-state index in [-0.39, 0.29) is 0 Å². The maximum atomic E-state index is 5.47. The Hall–Kier alpha value is 0.0569. The van der Waals surface area contributed by atoms with E-state index >= 15 is 0 Å². The summed E-state index contributed by atoms with van der Waals surface area (Å²) in [5.41, 5.74) is 0. The van der Waals surface area contributed by atoms with Crippen LogP contribution in [0, 0.1) is 0 Å². The lowest BCUT2D eigenvalue weighted by Gasteiger charge is -2.28. The van der Waals surface area contributed by atoms with E-state index in [2.05, 4.69) is 0 Å². The summed E-state index contributed by atoms with van der Waals surface area (Å²) in [5.74, 6) is -0.869. The molecule has 0 unspecified atom stereocenters. The molecule has 2 N–H and O–H groups in total. The molecule has 0 atom stereocenters. The molecule has 0 bridgehead atoms.